The monoisotopic (exact) mass is 323 g/mol. The lowest BCUT2D eigenvalue weighted by atomic mass is 10.0. The quantitative estimate of drug-likeness (QED) is 0.810. The highest BCUT2D eigenvalue weighted by Crippen LogP contribution is 2.46. The Morgan fingerprint density at radius 2 is 1.73 bits per heavy atom. The van der Waals surface area contributed by atoms with Gasteiger partial charge in [0.15, 0.2) is 0 Å². The van der Waals surface area contributed by atoms with Gasteiger partial charge in [0, 0.05) is 16.6 Å². The van der Waals surface area contributed by atoms with Gasteiger partial charge in [-0.1, -0.05) is 30.3 Å². The van der Waals surface area contributed by atoms with E-state index < -0.39 is 17.0 Å². The largest absolute Gasteiger partial charge is 0.416 e. The average Bonchev–Trinajstić information content (AvgIpc) is 2.64. The highest BCUT2D eigenvalue weighted by molar-refractivity contribution is 7.99. The van der Waals surface area contributed by atoms with Crippen LogP contribution in [0, 0.1) is 0 Å². The van der Waals surface area contributed by atoms with Gasteiger partial charge in [-0.25, -0.2) is 0 Å². The fourth-order valence-corrected chi connectivity index (χ4v) is 3.72. The van der Waals surface area contributed by atoms with Crippen LogP contribution in [0.2, 0.25) is 0 Å². The molecule has 1 unspecified atom stereocenters. The van der Waals surface area contributed by atoms with E-state index in [9.17, 15) is 18.0 Å². The van der Waals surface area contributed by atoms with E-state index >= 15 is 0 Å². The summed E-state index contributed by atoms with van der Waals surface area (Å²) in [5.74, 6) is -0.278. The molecule has 22 heavy (non-hydrogen) atoms. The molecule has 2 aromatic rings. The maximum Gasteiger partial charge on any atom is 0.416 e. The molecule has 2 nitrogen and oxygen atoms in total. The molecule has 1 N–H and O–H groups in total. The second-order valence-corrected chi connectivity index (χ2v) is 6.18. The zero-order valence-electron chi connectivity index (χ0n) is 11.4. The SMILES string of the molecule is O=C1CC(c2ccccc2C(F)(F)F)Sc2ccccc2N1. The summed E-state index contributed by atoms with van der Waals surface area (Å²) in [5, 5.41) is 2.17. The van der Waals surface area contributed by atoms with Crippen LogP contribution in [-0.4, -0.2) is 5.91 Å². The Labute approximate surface area is 129 Å². The summed E-state index contributed by atoms with van der Waals surface area (Å²) >= 11 is 1.28. The van der Waals surface area contributed by atoms with Crippen molar-refractivity contribution in [3.8, 4) is 0 Å². The van der Waals surface area contributed by atoms with Crippen molar-refractivity contribution < 1.29 is 18.0 Å². The van der Waals surface area contributed by atoms with Crippen LogP contribution in [0.25, 0.3) is 0 Å². The molecule has 0 aromatic heterocycles. The van der Waals surface area contributed by atoms with E-state index in [4.69, 9.17) is 0 Å². The molecule has 0 radical (unpaired) electrons. The maximum absolute atomic E-state index is 13.2. The number of carbonyl (C=O) groups is 1. The van der Waals surface area contributed by atoms with Gasteiger partial charge in [0.05, 0.1) is 11.3 Å². The first-order chi connectivity index (χ1) is 10.4. The molecule has 0 bridgehead atoms. The summed E-state index contributed by atoms with van der Waals surface area (Å²) in [6.45, 7) is 0. The van der Waals surface area contributed by atoms with E-state index in [2.05, 4.69) is 5.32 Å². The number of halogens is 3. The van der Waals surface area contributed by atoms with E-state index in [0.717, 1.165) is 11.0 Å². The highest BCUT2D eigenvalue weighted by atomic mass is 32.2. The second-order valence-electron chi connectivity index (χ2n) is 4.94. The molecule has 0 fully saturated rings. The van der Waals surface area contributed by atoms with Crippen molar-refractivity contribution in [1.82, 2.24) is 0 Å². The van der Waals surface area contributed by atoms with Gasteiger partial charge in [-0.05, 0) is 23.8 Å². The Hall–Kier alpha value is -1.95. The number of hydrogen-bond acceptors (Lipinski definition) is 2. The number of amides is 1. The summed E-state index contributed by atoms with van der Waals surface area (Å²) < 4.78 is 39.6. The minimum atomic E-state index is -4.43. The topological polar surface area (TPSA) is 29.1 Å². The van der Waals surface area contributed by atoms with Gasteiger partial charge < -0.3 is 5.32 Å². The molecule has 6 heteroatoms. The normalized spacial score (nSPS) is 18.3. The number of thioether (sulfide) groups is 1. The summed E-state index contributed by atoms with van der Waals surface area (Å²) in [7, 11) is 0. The van der Waals surface area contributed by atoms with E-state index in [0.29, 0.717) is 5.69 Å². The fraction of sp³-hybridized carbons (Fsp3) is 0.188. The van der Waals surface area contributed by atoms with Crippen LogP contribution in [0.3, 0.4) is 0 Å². The van der Waals surface area contributed by atoms with Gasteiger partial charge in [0.25, 0.3) is 0 Å². The van der Waals surface area contributed by atoms with Crippen molar-refractivity contribution in [2.24, 2.45) is 0 Å². The van der Waals surface area contributed by atoms with Crippen molar-refractivity contribution in [1.29, 1.82) is 0 Å². The van der Waals surface area contributed by atoms with Gasteiger partial charge in [0.2, 0.25) is 5.91 Å². The first-order valence-corrected chi connectivity index (χ1v) is 7.55. The van der Waals surface area contributed by atoms with Crippen LogP contribution >= 0.6 is 11.8 Å². The fourth-order valence-electron chi connectivity index (χ4n) is 2.45. The van der Waals surface area contributed by atoms with Gasteiger partial charge >= 0.3 is 6.18 Å². The number of para-hydroxylation sites is 1. The van der Waals surface area contributed by atoms with Gasteiger partial charge in [-0.3, -0.25) is 4.79 Å². The lowest BCUT2D eigenvalue weighted by molar-refractivity contribution is -0.138. The minimum Gasteiger partial charge on any atom is -0.325 e. The predicted molar refractivity (Wildman–Crippen MR) is 79.7 cm³/mol. The molecule has 1 atom stereocenters. The smallest absolute Gasteiger partial charge is 0.325 e. The molecule has 1 aliphatic heterocycles. The molecule has 1 amide bonds. The highest BCUT2D eigenvalue weighted by Gasteiger charge is 2.36. The third kappa shape index (κ3) is 2.97. The molecule has 1 aliphatic rings. The third-order valence-corrected chi connectivity index (χ3v) is 4.73. The molecule has 0 saturated carbocycles. The molecule has 2 aromatic carbocycles. The van der Waals surface area contributed by atoms with E-state index in [1.54, 1.807) is 30.3 Å². The molecular formula is C16H12F3NOS. The molecule has 0 aliphatic carbocycles. The number of anilines is 1. The number of fused-ring (bicyclic) bond motifs is 1. The second kappa shape index (κ2) is 5.68. The van der Waals surface area contributed by atoms with Gasteiger partial charge in [0.1, 0.15) is 0 Å². The van der Waals surface area contributed by atoms with Gasteiger partial charge in [-0.15, -0.1) is 11.8 Å². The lowest BCUT2D eigenvalue weighted by Gasteiger charge is -2.19. The average molecular weight is 323 g/mol. The van der Waals surface area contributed by atoms with E-state index in [1.165, 1.54) is 23.9 Å². The molecule has 3 rings (SSSR count). The van der Waals surface area contributed by atoms with Crippen LogP contribution in [0.5, 0.6) is 0 Å². The summed E-state index contributed by atoms with van der Waals surface area (Å²) in [4.78, 5) is 12.8. The van der Waals surface area contributed by atoms with Crippen LogP contribution in [0.1, 0.15) is 22.8 Å². The van der Waals surface area contributed by atoms with Crippen LogP contribution in [0.15, 0.2) is 53.4 Å². The lowest BCUT2D eigenvalue weighted by Crippen LogP contribution is -2.15. The number of rotatable bonds is 1. The maximum atomic E-state index is 13.2. The van der Waals surface area contributed by atoms with Crippen molar-refractivity contribution in [3.63, 3.8) is 0 Å². The molecule has 0 saturated heterocycles. The number of carbonyl (C=O) groups excluding carboxylic acids is 1. The van der Waals surface area contributed by atoms with Crippen LogP contribution in [-0.2, 0) is 11.0 Å². The zero-order chi connectivity index (χ0) is 15.7. The summed E-state index contributed by atoms with van der Waals surface area (Å²) in [6.07, 6.45) is -4.42. The third-order valence-electron chi connectivity index (χ3n) is 3.41. The molecule has 0 spiro atoms. The minimum absolute atomic E-state index is 0.00639. The Balaban J connectivity index is 2.04. The van der Waals surface area contributed by atoms with Crippen LogP contribution < -0.4 is 5.32 Å². The van der Waals surface area contributed by atoms with E-state index in [-0.39, 0.29) is 17.9 Å². The Bertz CT molecular complexity index is 715. The Morgan fingerprint density at radius 1 is 1.05 bits per heavy atom. The summed E-state index contributed by atoms with van der Waals surface area (Å²) in [6, 6.07) is 12.6. The Morgan fingerprint density at radius 3 is 2.50 bits per heavy atom. The molecule has 114 valence electrons. The van der Waals surface area contributed by atoms with Gasteiger partial charge in [-0.2, -0.15) is 13.2 Å². The molecule has 1 heterocycles. The van der Waals surface area contributed by atoms with Crippen molar-refractivity contribution >= 4 is 23.4 Å². The van der Waals surface area contributed by atoms with E-state index in [1.807, 2.05) is 0 Å². The number of hydrogen-bond donors (Lipinski definition) is 1. The standard InChI is InChI=1S/C16H12F3NOS/c17-16(18,19)11-6-2-1-5-10(11)14-9-15(21)20-12-7-3-4-8-13(12)22-14/h1-8,14H,9H2,(H,20,21). The predicted octanol–water partition coefficient (Wildman–Crippen LogP) is 4.88. The van der Waals surface area contributed by atoms with Crippen LogP contribution in [0.4, 0.5) is 18.9 Å². The van der Waals surface area contributed by atoms with Crippen molar-refractivity contribution in [3.05, 3.63) is 59.7 Å². The molecular weight excluding hydrogens is 311 g/mol. The number of benzene rings is 2. The number of alkyl halides is 3. The zero-order valence-corrected chi connectivity index (χ0v) is 12.2. The Kier molecular flexibility index (Phi) is 3.87. The number of nitrogens with one attached hydrogen (secondary N) is 1. The van der Waals surface area contributed by atoms with Crippen molar-refractivity contribution in [2.45, 2.75) is 22.7 Å². The summed E-state index contributed by atoms with van der Waals surface area (Å²) in [5.41, 5.74) is 0.107. The first kappa shape index (κ1) is 15.0. The van der Waals surface area contributed by atoms with Crippen molar-refractivity contribution in [2.75, 3.05) is 5.32 Å². The first-order valence-electron chi connectivity index (χ1n) is 6.67.